The van der Waals surface area contributed by atoms with Crippen molar-refractivity contribution in [2.75, 3.05) is 29.4 Å². The summed E-state index contributed by atoms with van der Waals surface area (Å²) in [6.45, 7) is 8.87. The quantitative estimate of drug-likeness (QED) is 0.759. The van der Waals surface area contributed by atoms with Gasteiger partial charge in [0.15, 0.2) is 5.03 Å². The Morgan fingerprint density at radius 1 is 1.13 bits per heavy atom. The fourth-order valence-corrected chi connectivity index (χ4v) is 5.23. The van der Waals surface area contributed by atoms with Gasteiger partial charge < -0.3 is 9.80 Å². The van der Waals surface area contributed by atoms with Crippen LogP contribution in [-0.4, -0.2) is 49.5 Å². The highest BCUT2D eigenvalue weighted by molar-refractivity contribution is 7.90. The molecule has 2 fully saturated rings. The van der Waals surface area contributed by atoms with E-state index in [0.717, 1.165) is 38.9 Å². The van der Waals surface area contributed by atoms with Gasteiger partial charge in [-0.2, -0.15) is 8.42 Å². The molecule has 2 aliphatic heterocycles. The molecule has 0 aromatic carbocycles. The number of nitrogens with zero attached hydrogens (tertiary/aromatic N) is 4. The van der Waals surface area contributed by atoms with Gasteiger partial charge in [0.2, 0.25) is 0 Å². The van der Waals surface area contributed by atoms with Gasteiger partial charge in [0.05, 0.1) is 5.56 Å². The van der Waals surface area contributed by atoms with Crippen LogP contribution in [0, 0.1) is 5.92 Å². The molecule has 0 saturated carbocycles. The second-order valence-electron chi connectivity index (χ2n) is 8.83. The fraction of sp³-hybridized carbons (Fsp3) is 0.500. The highest BCUT2D eigenvalue weighted by Gasteiger charge is 2.40. The van der Waals surface area contributed by atoms with Crippen molar-refractivity contribution in [2.24, 2.45) is 5.92 Å². The summed E-state index contributed by atoms with van der Waals surface area (Å²) in [5.41, 5.74) is 0.0531. The van der Waals surface area contributed by atoms with Crippen LogP contribution in [0.3, 0.4) is 0 Å². The summed E-state index contributed by atoms with van der Waals surface area (Å²) in [7, 11) is -4.12. The molecule has 166 valence electrons. The van der Waals surface area contributed by atoms with Crippen molar-refractivity contribution in [1.29, 1.82) is 0 Å². The van der Waals surface area contributed by atoms with Crippen LogP contribution in [0.1, 0.15) is 50.4 Å². The Labute approximate surface area is 183 Å². The van der Waals surface area contributed by atoms with Crippen molar-refractivity contribution in [2.45, 2.75) is 50.6 Å². The topological polar surface area (TPSA) is 95.5 Å². The molecule has 0 bridgehead atoms. The summed E-state index contributed by atoms with van der Waals surface area (Å²) in [5, 5.41) is -0.161. The molecule has 8 nitrogen and oxygen atoms in total. The van der Waals surface area contributed by atoms with E-state index in [1.807, 2.05) is 0 Å². The van der Waals surface area contributed by atoms with Crippen molar-refractivity contribution in [1.82, 2.24) is 14.7 Å². The number of pyridine rings is 2. The van der Waals surface area contributed by atoms with E-state index in [2.05, 4.69) is 45.3 Å². The minimum Gasteiger partial charge on any atom is -0.357 e. The van der Waals surface area contributed by atoms with Crippen LogP contribution in [0.25, 0.3) is 0 Å². The summed E-state index contributed by atoms with van der Waals surface area (Å²) in [5.74, 6) is 0.838. The van der Waals surface area contributed by atoms with Crippen molar-refractivity contribution in [3.05, 3.63) is 42.1 Å². The predicted octanol–water partition coefficient (Wildman–Crippen LogP) is 2.82. The summed E-state index contributed by atoms with van der Waals surface area (Å²) in [4.78, 5) is 25.9. The molecule has 31 heavy (non-hydrogen) atoms. The zero-order valence-corrected chi connectivity index (χ0v) is 19.0. The van der Waals surface area contributed by atoms with Gasteiger partial charge in [-0.1, -0.05) is 13.0 Å². The number of nitrogens with one attached hydrogen (secondary N) is 1. The molecule has 4 heterocycles. The third kappa shape index (κ3) is 4.11. The van der Waals surface area contributed by atoms with E-state index >= 15 is 0 Å². The first-order chi connectivity index (χ1) is 14.7. The van der Waals surface area contributed by atoms with Crippen LogP contribution in [0.15, 0.2) is 41.6 Å². The van der Waals surface area contributed by atoms with Crippen LogP contribution < -0.4 is 14.5 Å². The monoisotopic (exact) mass is 443 g/mol. The minimum absolute atomic E-state index is 0.161. The largest absolute Gasteiger partial charge is 0.357 e. The lowest BCUT2D eigenvalue weighted by molar-refractivity contribution is 0.0981. The summed E-state index contributed by atoms with van der Waals surface area (Å²) in [6, 6.07) is 8.11. The zero-order valence-electron chi connectivity index (χ0n) is 18.2. The number of hydrogen-bond donors (Lipinski definition) is 1. The number of sulfonamides is 1. The third-order valence-electron chi connectivity index (χ3n) is 6.62. The number of rotatable bonds is 5. The lowest BCUT2D eigenvalue weighted by Gasteiger charge is -2.36. The summed E-state index contributed by atoms with van der Waals surface area (Å²) in [6.07, 6.45) is 4.73. The Morgan fingerprint density at radius 2 is 1.87 bits per heavy atom. The maximum absolute atomic E-state index is 13.0. The van der Waals surface area contributed by atoms with E-state index in [1.54, 1.807) is 30.5 Å². The third-order valence-corrected chi connectivity index (χ3v) is 7.85. The smallest absolute Gasteiger partial charge is 0.281 e. The minimum atomic E-state index is -4.12. The lowest BCUT2D eigenvalue weighted by Crippen LogP contribution is -2.43. The van der Waals surface area contributed by atoms with E-state index in [-0.39, 0.29) is 16.1 Å². The lowest BCUT2D eigenvalue weighted by atomic mass is 9.90. The molecule has 1 amide bonds. The number of carbonyl (C=O) groups excluding carboxylic acids is 1. The highest BCUT2D eigenvalue weighted by atomic mass is 32.2. The van der Waals surface area contributed by atoms with E-state index in [4.69, 9.17) is 0 Å². The van der Waals surface area contributed by atoms with Gasteiger partial charge in [0.1, 0.15) is 11.6 Å². The van der Waals surface area contributed by atoms with Gasteiger partial charge in [0.25, 0.3) is 15.9 Å². The Balaban J connectivity index is 1.60. The SMILES string of the molecule is CC1CCN(c2ncccc2C(=O)NS(=O)(=O)c2cccc(N3CCCC3)n2)C1(C)C. The first-order valence-corrected chi connectivity index (χ1v) is 12.2. The first kappa shape index (κ1) is 21.5. The highest BCUT2D eigenvalue weighted by Crippen LogP contribution is 2.38. The van der Waals surface area contributed by atoms with Gasteiger partial charge in [-0.3, -0.25) is 4.79 Å². The molecular weight excluding hydrogens is 414 g/mol. The van der Waals surface area contributed by atoms with E-state index in [1.165, 1.54) is 6.07 Å². The number of anilines is 2. The Morgan fingerprint density at radius 3 is 2.55 bits per heavy atom. The normalized spacial score (nSPS) is 20.8. The Kier molecular flexibility index (Phi) is 5.63. The predicted molar refractivity (Wildman–Crippen MR) is 120 cm³/mol. The molecule has 0 aliphatic carbocycles. The molecule has 2 aromatic heterocycles. The first-order valence-electron chi connectivity index (χ1n) is 10.7. The molecule has 2 aromatic rings. The Hall–Kier alpha value is -2.68. The average Bonchev–Trinajstić information content (AvgIpc) is 3.37. The molecule has 2 aliphatic rings. The number of aromatic nitrogens is 2. The second-order valence-corrected chi connectivity index (χ2v) is 10.5. The number of amides is 1. The fourth-order valence-electron chi connectivity index (χ4n) is 4.30. The van der Waals surface area contributed by atoms with E-state index in [0.29, 0.717) is 17.6 Å². The van der Waals surface area contributed by atoms with E-state index in [9.17, 15) is 13.2 Å². The molecule has 1 unspecified atom stereocenters. The standard InChI is InChI=1S/C22H29N5O3S/c1-16-11-15-27(22(16,2)3)20-17(8-7-12-23-20)21(28)25-31(29,30)19-10-6-9-18(24-19)26-13-4-5-14-26/h6-10,12,16H,4-5,11,13-15H2,1-3H3,(H,25,28). The van der Waals surface area contributed by atoms with Gasteiger partial charge in [-0.05, 0) is 63.3 Å². The van der Waals surface area contributed by atoms with Gasteiger partial charge in [-0.15, -0.1) is 0 Å². The summed E-state index contributed by atoms with van der Waals surface area (Å²) >= 11 is 0. The average molecular weight is 444 g/mol. The molecule has 0 radical (unpaired) electrons. The van der Waals surface area contributed by atoms with Crippen LogP contribution in [0.4, 0.5) is 11.6 Å². The van der Waals surface area contributed by atoms with Gasteiger partial charge in [0, 0.05) is 31.4 Å². The van der Waals surface area contributed by atoms with Crippen molar-refractivity contribution in [3.63, 3.8) is 0 Å². The number of carbonyl (C=O) groups is 1. The maximum atomic E-state index is 13.0. The molecule has 4 rings (SSSR count). The molecule has 1 N–H and O–H groups in total. The summed E-state index contributed by atoms with van der Waals surface area (Å²) < 4.78 is 28.1. The van der Waals surface area contributed by atoms with Gasteiger partial charge >= 0.3 is 0 Å². The van der Waals surface area contributed by atoms with Crippen molar-refractivity contribution in [3.8, 4) is 0 Å². The maximum Gasteiger partial charge on any atom is 0.281 e. The second kappa shape index (κ2) is 8.11. The molecule has 1 atom stereocenters. The van der Waals surface area contributed by atoms with Gasteiger partial charge in [-0.25, -0.2) is 14.7 Å². The van der Waals surface area contributed by atoms with Crippen LogP contribution in [-0.2, 0) is 10.0 Å². The Bertz CT molecular complexity index is 1080. The van der Waals surface area contributed by atoms with Crippen LogP contribution in [0.2, 0.25) is 0 Å². The van der Waals surface area contributed by atoms with E-state index < -0.39 is 15.9 Å². The molecule has 9 heteroatoms. The molecule has 2 saturated heterocycles. The van der Waals surface area contributed by atoms with Crippen LogP contribution >= 0.6 is 0 Å². The van der Waals surface area contributed by atoms with Crippen molar-refractivity contribution >= 4 is 27.6 Å². The zero-order chi connectivity index (χ0) is 22.2. The van der Waals surface area contributed by atoms with Crippen molar-refractivity contribution < 1.29 is 13.2 Å². The molecular formula is C22H29N5O3S. The van der Waals surface area contributed by atoms with Crippen LogP contribution in [0.5, 0.6) is 0 Å². The number of hydrogen-bond acceptors (Lipinski definition) is 7. The molecule has 0 spiro atoms.